The molecule has 9 heteroatoms. The predicted octanol–water partition coefficient (Wildman–Crippen LogP) is 5.16. The Bertz CT molecular complexity index is 217. The molecule has 0 aromatic rings. The van der Waals surface area contributed by atoms with Crippen LogP contribution in [0.25, 0.3) is 0 Å². The zero-order chi connectivity index (χ0) is 11.1. The SMILES string of the molecule is O=C(O)C(I)(I)C(I)(I)C(I)(I)I. The molecule has 2 nitrogen and oxygen atoms in total. The molecule has 1 N–H and O–H groups in total. The first-order chi connectivity index (χ1) is 5.44. The molecule has 0 atom stereocenters. The average molecular weight is 969 g/mol. The summed E-state index contributed by atoms with van der Waals surface area (Å²) in [6.45, 7) is 0. The van der Waals surface area contributed by atoms with Gasteiger partial charge in [-0.3, -0.25) is 0 Å². The number of aliphatic carboxylic acids is 1. The molecule has 0 saturated carbocycles. The van der Waals surface area contributed by atoms with E-state index in [4.69, 9.17) is 5.11 Å². The van der Waals surface area contributed by atoms with Crippen LogP contribution in [-0.2, 0) is 4.79 Å². The van der Waals surface area contributed by atoms with Gasteiger partial charge in [-0.05, 0) is 0 Å². The van der Waals surface area contributed by atoms with E-state index in [9.17, 15) is 4.79 Å². The lowest BCUT2D eigenvalue weighted by Crippen LogP contribution is -2.48. The van der Waals surface area contributed by atoms with Gasteiger partial charge in [0.2, 0.25) is 0 Å². The van der Waals surface area contributed by atoms with Crippen molar-refractivity contribution < 1.29 is 9.90 Å². The first-order valence-corrected chi connectivity index (χ1v) is 10.1. The number of hydrogen-bond donors (Lipinski definition) is 1. The molecule has 0 fully saturated rings. The molecule has 13 heavy (non-hydrogen) atoms. The maximum atomic E-state index is 11.1. The quantitative estimate of drug-likeness (QED) is 0.314. The average Bonchev–Trinajstić information content (AvgIpc) is 1.84. The minimum Gasteiger partial charge on any atom is -0.480 e. The number of alkyl halides is 7. The Hall–Kier alpha value is 4.58. The van der Waals surface area contributed by atoms with E-state index in [0.717, 1.165) is 0 Å². The lowest BCUT2D eigenvalue weighted by Gasteiger charge is -2.37. The minimum atomic E-state index is -0.812. The van der Waals surface area contributed by atoms with Gasteiger partial charge in [-0.1, -0.05) is 158 Å². The van der Waals surface area contributed by atoms with Crippen LogP contribution in [0.4, 0.5) is 0 Å². The van der Waals surface area contributed by atoms with Gasteiger partial charge in [-0.2, -0.15) is 0 Å². The third-order valence-electron chi connectivity index (χ3n) is 1.02. The van der Waals surface area contributed by atoms with Crippen molar-refractivity contribution in [2.45, 2.75) is 2.29 Å². The van der Waals surface area contributed by atoms with Crippen LogP contribution in [-0.4, -0.2) is 13.4 Å². The highest BCUT2D eigenvalue weighted by Gasteiger charge is 2.60. The molecule has 0 heterocycles. The fraction of sp³-hybridized carbons (Fsp3) is 0.750. The molecule has 0 aromatic carbocycles. The molecule has 0 unspecified atom stereocenters. The number of hydrogen-bond acceptors (Lipinski definition) is 1. The van der Waals surface area contributed by atoms with Gasteiger partial charge in [0.25, 0.3) is 0 Å². The summed E-state index contributed by atoms with van der Waals surface area (Å²) in [5, 5.41) is 9.11. The first-order valence-electron chi connectivity index (χ1n) is 2.50. The summed E-state index contributed by atoms with van der Waals surface area (Å²) < 4.78 is -1.33. The molecule has 0 aliphatic heterocycles. The Morgan fingerprint density at radius 2 is 1.23 bits per heavy atom. The maximum Gasteiger partial charge on any atom is 0.332 e. The van der Waals surface area contributed by atoms with Crippen LogP contribution in [0.15, 0.2) is 0 Å². The van der Waals surface area contributed by atoms with E-state index in [2.05, 4.69) is 113 Å². The Kier molecular flexibility index (Phi) is 8.32. The van der Waals surface area contributed by atoms with Crippen molar-refractivity contribution in [2.75, 3.05) is 0 Å². The van der Waals surface area contributed by atoms with Crippen LogP contribution in [0.2, 0.25) is 0 Å². The van der Waals surface area contributed by atoms with E-state index in [1.807, 2.05) is 45.2 Å². The molecule has 78 valence electrons. The fourth-order valence-corrected chi connectivity index (χ4v) is 5.89. The van der Waals surface area contributed by atoms with Crippen molar-refractivity contribution >= 4 is 164 Å². The van der Waals surface area contributed by atoms with E-state index in [0.29, 0.717) is 0 Å². The maximum absolute atomic E-state index is 11.1. The number of rotatable bonds is 3. The standard InChI is InChI=1S/C4HI7O2/c5-2(6,1(12)13)3(7,8)4(9,10)11/h(H,12,13). The van der Waals surface area contributed by atoms with Gasteiger partial charge < -0.3 is 5.11 Å². The van der Waals surface area contributed by atoms with Crippen molar-refractivity contribution in [3.63, 3.8) is 0 Å². The van der Waals surface area contributed by atoms with Crippen LogP contribution < -0.4 is 0 Å². The van der Waals surface area contributed by atoms with Gasteiger partial charge >= 0.3 is 5.97 Å². The van der Waals surface area contributed by atoms with E-state index >= 15 is 0 Å². The molecule has 0 spiro atoms. The summed E-state index contributed by atoms with van der Waals surface area (Å²) >= 11 is 15.2. The van der Waals surface area contributed by atoms with Crippen LogP contribution >= 0.6 is 158 Å². The molecular weight excluding hydrogens is 968 g/mol. The van der Waals surface area contributed by atoms with E-state index < -0.39 is 7.40 Å². The number of carboxylic acid groups (broad SMARTS) is 1. The Morgan fingerprint density at radius 3 is 1.31 bits per heavy atom. The van der Waals surface area contributed by atoms with Gasteiger partial charge in [0.05, 0.1) is 0 Å². The molecule has 0 saturated heterocycles. The molecule has 0 amide bonds. The molecule has 0 radical (unpaired) electrons. The van der Waals surface area contributed by atoms with E-state index in [-0.39, 0.29) is 0.864 Å². The van der Waals surface area contributed by atoms with Crippen molar-refractivity contribution in [3.8, 4) is 0 Å². The summed E-state index contributed by atoms with van der Waals surface area (Å²) in [4.78, 5) is 11.1. The van der Waals surface area contributed by atoms with Gasteiger partial charge in [-0.25, -0.2) is 4.79 Å². The summed E-state index contributed by atoms with van der Waals surface area (Å²) in [6, 6.07) is 0. The van der Waals surface area contributed by atoms with Crippen molar-refractivity contribution in [2.24, 2.45) is 0 Å². The predicted molar refractivity (Wildman–Crippen MR) is 114 cm³/mol. The third kappa shape index (κ3) is 4.31. The summed E-state index contributed by atoms with van der Waals surface area (Å²) in [5.74, 6) is -0.785. The van der Waals surface area contributed by atoms with Crippen LogP contribution in [0, 0.1) is 0 Å². The lowest BCUT2D eigenvalue weighted by molar-refractivity contribution is -0.136. The second-order valence-corrected chi connectivity index (χ2v) is 23.6. The highest BCUT2D eigenvalue weighted by Crippen LogP contribution is 2.64. The highest BCUT2D eigenvalue weighted by atomic mass is 127. The third-order valence-corrected chi connectivity index (χ3v) is 19.5. The molecule has 0 bridgehead atoms. The van der Waals surface area contributed by atoms with Gasteiger partial charge in [0, 0.05) is 0 Å². The summed E-state index contributed by atoms with van der Waals surface area (Å²) in [6.07, 6.45) is 0. The topological polar surface area (TPSA) is 37.3 Å². The molecule has 0 aromatic heterocycles. The summed E-state index contributed by atoms with van der Waals surface area (Å²) in [5.41, 5.74) is 0. The van der Waals surface area contributed by atoms with Gasteiger partial charge in [0.15, 0.2) is 1.43 Å². The summed E-state index contributed by atoms with van der Waals surface area (Å²) in [7, 11) is 0. The molecular formula is C4HI7O2. The second-order valence-electron chi connectivity index (χ2n) is 1.95. The van der Waals surface area contributed by atoms with Crippen molar-refractivity contribution in [3.05, 3.63) is 0 Å². The lowest BCUT2D eigenvalue weighted by atomic mass is 10.3. The van der Waals surface area contributed by atoms with Crippen LogP contribution in [0.3, 0.4) is 0 Å². The minimum absolute atomic E-state index is 0.151. The number of halogens is 7. The molecule has 0 aliphatic carbocycles. The number of carbonyl (C=O) groups is 1. The zero-order valence-corrected chi connectivity index (χ0v) is 20.6. The van der Waals surface area contributed by atoms with Crippen molar-refractivity contribution in [1.82, 2.24) is 0 Å². The van der Waals surface area contributed by atoms with Crippen LogP contribution in [0.1, 0.15) is 0 Å². The van der Waals surface area contributed by atoms with Crippen molar-refractivity contribution in [1.29, 1.82) is 0 Å². The second kappa shape index (κ2) is 6.15. The molecule has 0 aliphatic rings. The Morgan fingerprint density at radius 1 is 0.923 bits per heavy atom. The van der Waals surface area contributed by atoms with E-state index in [1.165, 1.54) is 0 Å². The van der Waals surface area contributed by atoms with E-state index in [1.54, 1.807) is 0 Å². The van der Waals surface area contributed by atoms with Gasteiger partial charge in [-0.15, -0.1) is 0 Å². The smallest absolute Gasteiger partial charge is 0.332 e. The fourth-order valence-electron chi connectivity index (χ4n) is 0.312. The largest absolute Gasteiger partial charge is 0.480 e. The Balaban J connectivity index is 5.16. The highest BCUT2D eigenvalue weighted by molar-refractivity contribution is 14.3. The monoisotopic (exact) mass is 969 g/mol. The Labute approximate surface area is 172 Å². The van der Waals surface area contributed by atoms with Crippen LogP contribution in [0.5, 0.6) is 0 Å². The normalized spacial score (nSPS) is 14.4. The number of carboxylic acids is 1. The van der Waals surface area contributed by atoms with Gasteiger partial charge in [0.1, 0.15) is 0.864 Å². The molecule has 0 rings (SSSR count). The zero-order valence-electron chi connectivity index (χ0n) is 5.50. The first kappa shape index (κ1) is 17.6.